The van der Waals surface area contributed by atoms with Crippen LogP contribution in [0.2, 0.25) is 0 Å². The molecule has 0 unspecified atom stereocenters. The Bertz CT molecular complexity index is 236. The number of amides is 2. The lowest BCUT2D eigenvalue weighted by molar-refractivity contribution is 0.218. The monoisotopic (exact) mass is 197 g/mol. The van der Waals surface area contributed by atoms with Crippen LogP contribution in [0.25, 0.3) is 0 Å². The summed E-state index contributed by atoms with van der Waals surface area (Å²) in [7, 11) is 5.60. The molecule has 0 bridgehead atoms. The SMILES string of the molecule is CN1CC=C(CNC(=O)N(C)C)CC1. The highest BCUT2D eigenvalue weighted by molar-refractivity contribution is 5.73. The van der Waals surface area contributed by atoms with Crippen molar-refractivity contribution in [2.45, 2.75) is 6.42 Å². The van der Waals surface area contributed by atoms with E-state index in [2.05, 4.69) is 23.3 Å². The molecule has 0 aromatic rings. The van der Waals surface area contributed by atoms with Crippen LogP contribution in [0.5, 0.6) is 0 Å². The fourth-order valence-electron chi connectivity index (χ4n) is 1.32. The molecule has 0 saturated heterocycles. The molecule has 0 radical (unpaired) electrons. The number of hydrogen-bond donors (Lipinski definition) is 1. The Morgan fingerprint density at radius 3 is 2.86 bits per heavy atom. The van der Waals surface area contributed by atoms with Gasteiger partial charge in [0.25, 0.3) is 0 Å². The van der Waals surface area contributed by atoms with Crippen LogP contribution < -0.4 is 5.32 Å². The van der Waals surface area contributed by atoms with Gasteiger partial charge in [-0.05, 0) is 13.5 Å². The lowest BCUT2D eigenvalue weighted by Gasteiger charge is -2.22. The van der Waals surface area contributed by atoms with E-state index in [4.69, 9.17) is 0 Å². The normalized spacial score (nSPS) is 17.5. The molecular formula is C10H19N3O. The van der Waals surface area contributed by atoms with Gasteiger partial charge in [-0.2, -0.15) is 0 Å². The van der Waals surface area contributed by atoms with Gasteiger partial charge < -0.3 is 15.1 Å². The van der Waals surface area contributed by atoms with Crippen molar-refractivity contribution in [3.63, 3.8) is 0 Å². The summed E-state index contributed by atoms with van der Waals surface area (Å²) < 4.78 is 0. The zero-order valence-electron chi connectivity index (χ0n) is 9.21. The van der Waals surface area contributed by atoms with Crippen molar-refractivity contribution in [2.75, 3.05) is 40.8 Å². The minimum Gasteiger partial charge on any atom is -0.334 e. The third-order valence-electron chi connectivity index (χ3n) is 2.38. The maximum Gasteiger partial charge on any atom is 0.317 e. The maximum atomic E-state index is 11.2. The van der Waals surface area contributed by atoms with Crippen LogP contribution in [0.3, 0.4) is 0 Å². The van der Waals surface area contributed by atoms with Gasteiger partial charge in [0.1, 0.15) is 0 Å². The molecule has 80 valence electrons. The number of urea groups is 1. The molecule has 1 aliphatic rings. The number of carbonyl (C=O) groups excluding carboxylic acids is 1. The molecule has 0 fully saturated rings. The molecule has 0 aliphatic carbocycles. The molecule has 0 saturated carbocycles. The van der Waals surface area contributed by atoms with Gasteiger partial charge in [-0.3, -0.25) is 0 Å². The molecule has 1 aliphatic heterocycles. The van der Waals surface area contributed by atoms with Crippen LogP contribution in [0, 0.1) is 0 Å². The molecule has 4 nitrogen and oxygen atoms in total. The first-order valence-electron chi connectivity index (χ1n) is 4.91. The molecule has 0 aromatic heterocycles. The number of hydrogen-bond acceptors (Lipinski definition) is 2. The number of rotatable bonds is 2. The summed E-state index contributed by atoms with van der Waals surface area (Å²) in [6.45, 7) is 2.77. The van der Waals surface area contributed by atoms with E-state index >= 15 is 0 Å². The molecule has 0 atom stereocenters. The van der Waals surface area contributed by atoms with Gasteiger partial charge in [-0.25, -0.2) is 4.79 Å². The van der Waals surface area contributed by atoms with Crippen LogP contribution >= 0.6 is 0 Å². The molecule has 0 spiro atoms. The summed E-state index contributed by atoms with van der Waals surface area (Å²) in [4.78, 5) is 15.0. The Balaban J connectivity index is 2.28. The largest absolute Gasteiger partial charge is 0.334 e. The van der Waals surface area contributed by atoms with Crippen molar-refractivity contribution in [2.24, 2.45) is 0 Å². The van der Waals surface area contributed by atoms with Crippen molar-refractivity contribution in [3.8, 4) is 0 Å². The van der Waals surface area contributed by atoms with E-state index < -0.39 is 0 Å². The van der Waals surface area contributed by atoms with Gasteiger partial charge in [0, 0.05) is 33.7 Å². The van der Waals surface area contributed by atoms with Crippen molar-refractivity contribution in [3.05, 3.63) is 11.6 Å². The van der Waals surface area contributed by atoms with E-state index in [0.717, 1.165) is 19.5 Å². The topological polar surface area (TPSA) is 35.6 Å². The average molecular weight is 197 g/mol. The molecule has 1 rings (SSSR count). The molecular weight excluding hydrogens is 178 g/mol. The van der Waals surface area contributed by atoms with Crippen LogP contribution in [0.15, 0.2) is 11.6 Å². The Morgan fingerprint density at radius 2 is 2.36 bits per heavy atom. The lowest BCUT2D eigenvalue weighted by Crippen LogP contribution is -2.36. The van der Waals surface area contributed by atoms with Gasteiger partial charge in [0.15, 0.2) is 0 Å². The van der Waals surface area contributed by atoms with Gasteiger partial charge >= 0.3 is 6.03 Å². The number of nitrogens with zero attached hydrogens (tertiary/aromatic N) is 2. The van der Waals surface area contributed by atoms with Crippen molar-refractivity contribution in [1.82, 2.24) is 15.1 Å². The highest BCUT2D eigenvalue weighted by atomic mass is 16.2. The third kappa shape index (κ3) is 3.38. The zero-order chi connectivity index (χ0) is 10.6. The summed E-state index contributed by atoms with van der Waals surface area (Å²) in [5, 5.41) is 2.87. The minimum absolute atomic E-state index is 0.0233. The van der Waals surface area contributed by atoms with E-state index in [0.29, 0.717) is 6.54 Å². The highest BCUT2D eigenvalue weighted by Gasteiger charge is 2.09. The number of carbonyl (C=O) groups is 1. The Morgan fingerprint density at radius 1 is 1.64 bits per heavy atom. The predicted octanol–water partition coefficient (Wildman–Crippen LogP) is 0.519. The average Bonchev–Trinajstić information content (AvgIpc) is 2.16. The molecule has 2 amide bonds. The quantitative estimate of drug-likeness (QED) is 0.655. The number of nitrogens with one attached hydrogen (secondary N) is 1. The molecule has 4 heteroatoms. The fourth-order valence-corrected chi connectivity index (χ4v) is 1.32. The minimum atomic E-state index is -0.0233. The summed E-state index contributed by atoms with van der Waals surface area (Å²) >= 11 is 0. The molecule has 1 heterocycles. The maximum absolute atomic E-state index is 11.2. The van der Waals surface area contributed by atoms with Crippen LogP contribution in [0.1, 0.15) is 6.42 Å². The van der Waals surface area contributed by atoms with Gasteiger partial charge in [0.05, 0.1) is 0 Å². The Kier molecular flexibility index (Phi) is 3.95. The smallest absolute Gasteiger partial charge is 0.317 e. The molecule has 0 aromatic carbocycles. The van der Waals surface area contributed by atoms with Gasteiger partial charge in [-0.15, -0.1) is 0 Å². The summed E-state index contributed by atoms with van der Waals surface area (Å²) in [6, 6.07) is -0.0233. The van der Waals surface area contributed by atoms with Gasteiger partial charge in [0.2, 0.25) is 0 Å². The van der Waals surface area contributed by atoms with E-state index in [1.54, 1.807) is 19.0 Å². The molecule has 1 N–H and O–H groups in total. The summed E-state index contributed by atoms with van der Waals surface area (Å²) in [5.41, 5.74) is 1.33. The van der Waals surface area contributed by atoms with Crippen molar-refractivity contribution in [1.29, 1.82) is 0 Å². The van der Waals surface area contributed by atoms with Gasteiger partial charge in [-0.1, -0.05) is 11.6 Å². The third-order valence-corrected chi connectivity index (χ3v) is 2.38. The second kappa shape index (κ2) is 5.00. The first-order chi connectivity index (χ1) is 6.59. The number of likely N-dealkylation sites (N-methyl/N-ethyl adjacent to an activating group) is 1. The molecule has 14 heavy (non-hydrogen) atoms. The Labute approximate surface area is 85.6 Å². The summed E-state index contributed by atoms with van der Waals surface area (Å²) in [5.74, 6) is 0. The first kappa shape index (κ1) is 11.0. The second-order valence-electron chi connectivity index (χ2n) is 3.93. The van der Waals surface area contributed by atoms with E-state index in [-0.39, 0.29) is 6.03 Å². The van der Waals surface area contributed by atoms with E-state index in [1.807, 2.05) is 0 Å². The van der Waals surface area contributed by atoms with E-state index in [1.165, 1.54) is 5.57 Å². The second-order valence-corrected chi connectivity index (χ2v) is 3.93. The summed E-state index contributed by atoms with van der Waals surface area (Å²) in [6.07, 6.45) is 3.25. The van der Waals surface area contributed by atoms with Crippen molar-refractivity contribution < 1.29 is 4.79 Å². The van der Waals surface area contributed by atoms with E-state index in [9.17, 15) is 4.79 Å². The standard InChI is InChI=1S/C10H19N3O/c1-12(2)10(14)11-8-9-4-6-13(3)7-5-9/h4H,5-8H2,1-3H3,(H,11,14). The Hall–Kier alpha value is -1.03. The first-order valence-corrected chi connectivity index (χ1v) is 4.91. The highest BCUT2D eigenvalue weighted by Crippen LogP contribution is 2.07. The zero-order valence-corrected chi connectivity index (χ0v) is 9.21. The fraction of sp³-hybridized carbons (Fsp3) is 0.700. The van der Waals surface area contributed by atoms with Crippen LogP contribution in [-0.2, 0) is 0 Å². The van der Waals surface area contributed by atoms with Crippen molar-refractivity contribution >= 4 is 6.03 Å². The lowest BCUT2D eigenvalue weighted by atomic mass is 10.1. The predicted molar refractivity (Wildman–Crippen MR) is 57.3 cm³/mol. The van der Waals surface area contributed by atoms with Crippen LogP contribution in [0.4, 0.5) is 4.79 Å². The van der Waals surface area contributed by atoms with Crippen LogP contribution in [-0.4, -0.2) is 56.6 Å².